The van der Waals surface area contributed by atoms with Gasteiger partial charge in [-0.25, -0.2) is 0 Å². The molecule has 4 rings (SSSR count). The van der Waals surface area contributed by atoms with Crippen LogP contribution in [0.15, 0.2) is 48.5 Å². The molecule has 32 heavy (non-hydrogen) atoms. The quantitative estimate of drug-likeness (QED) is 0.446. The summed E-state index contributed by atoms with van der Waals surface area (Å²) in [5, 5.41) is 13.5. The molecule has 1 aliphatic heterocycles. The molecule has 2 aromatic carbocycles. The van der Waals surface area contributed by atoms with E-state index < -0.39 is 0 Å². The maximum Gasteiger partial charge on any atom is 0.253 e. The number of ether oxygens (including phenoxy) is 2. The Labute approximate surface area is 188 Å². The van der Waals surface area contributed by atoms with Gasteiger partial charge in [-0.05, 0) is 36.6 Å². The molecule has 1 aliphatic rings. The molecule has 3 N–H and O–H groups in total. The Kier molecular flexibility index (Phi) is 7.42. The Morgan fingerprint density at radius 1 is 1.19 bits per heavy atom. The summed E-state index contributed by atoms with van der Waals surface area (Å²) in [4.78, 5) is 18.3. The number of benzene rings is 2. The highest BCUT2D eigenvalue weighted by atomic mass is 16.5. The minimum atomic E-state index is -0.0583. The van der Waals surface area contributed by atoms with E-state index in [2.05, 4.69) is 28.5 Å². The van der Waals surface area contributed by atoms with Crippen LogP contribution in [0, 0.1) is 0 Å². The molecule has 2 heterocycles. The molecule has 1 aromatic heterocycles. The van der Waals surface area contributed by atoms with E-state index in [0.717, 1.165) is 53.9 Å². The maximum atomic E-state index is 13.1. The average molecular weight is 438 g/mol. The predicted octanol–water partition coefficient (Wildman–Crippen LogP) is 3.51. The van der Waals surface area contributed by atoms with Crippen LogP contribution in [0.2, 0.25) is 0 Å². The van der Waals surface area contributed by atoms with Crippen LogP contribution < -0.4 is 5.32 Å². The van der Waals surface area contributed by atoms with Gasteiger partial charge in [0.25, 0.3) is 5.91 Å². The highest BCUT2D eigenvalue weighted by Crippen LogP contribution is 2.32. The molecule has 3 aromatic rings. The van der Waals surface area contributed by atoms with Gasteiger partial charge in [0.15, 0.2) is 0 Å². The Bertz CT molecular complexity index is 1030. The number of aromatic amines is 1. The molecule has 7 heteroatoms. The summed E-state index contributed by atoms with van der Waals surface area (Å²) in [6.07, 6.45) is 1.88. The number of amides is 1. The van der Waals surface area contributed by atoms with E-state index in [4.69, 9.17) is 14.6 Å². The van der Waals surface area contributed by atoms with Crippen molar-refractivity contribution in [3.63, 3.8) is 0 Å². The van der Waals surface area contributed by atoms with E-state index in [1.54, 1.807) is 11.9 Å². The fraction of sp³-hybridized carbons (Fsp3) is 0.400. The summed E-state index contributed by atoms with van der Waals surface area (Å²) >= 11 is 0. The van der Waals surface area contributed by atoms with Crippen molar-refractivity contribution >= 4 is 22.5 Å². The zero-order chi connectivity index (χ0) is 22.3. The van der Waals surface area contributed by atoms with E-state index in [1.165, 1.54) is 0 Å². The molecule has 1 amide bonds. The van der Waals surface area contributed by atoms with Crippen LogP contribution in [0.5, 0.6) is 0 Å². The van der Waals surface area contributed by atoms with E-state index in [9.17, 15) is 4.79 Å². The standard InChI is InChI=1S/C25H31N3O4/c1-28(9-13-32-14-10-29)25(30)20-15-19-16-22(18-5-3-2-4-6-18)27-24(19)23(17-20)26-21-7-11-31-12-8-21/h2-6,15-17,21,26-27,29H,7-14H2,1H3. The molecule has 0 atom stereocenters. The van der Waals surface area contributed by atoms with Gasteiger partial charge < -0.3 is 29.8 Å². The number of nitrogens with one attached hydrogen (secondary N) is 2. The molecule has 0 aliphatic carbocycles. The zero-order valence-corrected chi connectivity index (χ0v) is 18.5. The van der Waals surface area contributed by atoms with Gasteiger partial charge in [-0.3, -0.25) is 4.79 Å². The smallest absolute Gasteiger partial charge is 0.253 e. The van der Waals surface area contributed by atoms with Crippen molar-refractivity contribution in [2.24, 2.45) is 0 Å². The molecule has 170 valence electrons. The molecule has 1 saturated heterocycles. The largest absolute Gasteiger partial charge is 0.394 e. The number of aliphatic hydroxyl groups is 1. The highest BCUT2D eigenvalue weighted by molar-refractivity contribution is 6.03. The zero-order valence-electron chi connectivity index (χ0n) is 18.5. The summed E-state index contributed by atoms with van der Waals surface area (Å²) in [5.41, 5.74) is 4.69. The van der Waals surface area contributed by atoms with E-state index >= 15 is 0 Å². The molecular weight excluding hydrogens is 406 g/mol. The van der Waals surface area contributed by atoms with Crippen molar-refractivity contribution < 1.29 is 19.4 Å². The minimum absolute atomic E-state index is 0.0210. The number of rotatable bonds is 9. The van der Waals surface area contributed by atoms with Crippen molar-refractivity contribution in [1.29, 1.82) is 0 Å². The molecule has 0 saturated carbocycles. The molecule has 0 spiro atoms. The van der Waals surface area contributed by atoms with Crippen LogP contribution in [0.3, 0.4) is 0 Å². The first-order valence-electron chi connectivity index (χ1n) is 11.2. The first-order chi connectivity index (χ1) is 15.7. The summed E-state index contributed by atoms with van der Waals surface area (Å²) in [5.74, 6) is -0.0583. The van der Waals surface area contributed by atoms with Crippen LogP contribution in [0.1, 0.15) is 23.2 Å². The van der Waals surface area contributed by atoms with Gasteiger partial charge in [0, 0.05) is 49.5 Å². The van der Waals surface area contributed by atoms with Crippen LogP contribution >= 0.6 is 0 Å². The second kappa shape index (κ2) is 10.6. The lowest BCUT2D eigenvalue weighted by Crippen LogP contribution is -2.31. The van der Waals surface area contributed by atoms with Gasteiger partial charge in [-0.2, -0.15) is 0 Å². The topological polar surface area (TPSA) is 86.8 Å². The molecular formula is C25H31N3O4. The molecule has 7 nitrogen and oxygen atoms in total. The van der Waals surface area contributed by atoms with Crippen LogP contribution in [0.25, 0.3) is 22.2 Å². The van der Waals surface area contributed by atoms with Crippen molar-refractivity contribution in [3.05, 3.63) is 54.1 Å². The summed E-state index contributed by atoms with van der Waals surface area (Å²) in [7, 11) is 1.77. The third-order valence-electron chi connectivity index (χ3n) is 5.79. The normalized spacial score (nSPS) is 14.6. The van der Waals surface area contributed by atoms with Gasteiger partial charge in [-0.1, -0.05) is 30.3 Å². The number of aromatic nitrogens is 1. The Hall–Kier alpha value is -2.87. The fourth-order valence-corrected chi connectivity index (χ4v) is 4.01. The Morgan fingerprint density at radius 3 is 2.72 bits per heavy atom. The molecule has 1 fully saturated rings. The number of nitrogens with zero attached hydrogens (tertiary/aromatic N) is 1. The van der Waals surface area contributed by atoms with Gasteiger partial charge in [-0.15, -0.1) is 0 Å². The number of H-pyrrole nitrogens is 1. The number of anilines is 1. The van der Waals surface area contributed by atoms with Crippen molar-refractivity contribution in [2.45, 2.75) is 18.9 Å². The minimum Gasteiger partial charge on any atom is -0.394 e. The number of likely N-dealkylation sites (N-methyl/N-ethyl adjacent to an activating group) is 1. The lowest BCUT2D eigenvalue weighted by atomic mass is 10.1. The van der Waals surface area contributed by atoms with Crippen molar-refractivity contribution in [3.8, 4) is 11.3 Å². The van der Waals surface area contributed by atoms with Crippen molar-refractivity contribution in [1.82, 2.24) is 9.88 Å². The Balaban J connectivity index is 1.64. The highest BCUT2D eigenvalue weighted by Gasteiger charge is 2.19. The number of fused-ring (bicyclic) bond motifs is 1. The molecule has 0 bridgehead atoms. The first kappa shape index (κ1) is 22.3. The third kappa shape index (κ3) is 5.30. The number of hydrogen-bond donors (Lipinski definition) is 3. The SMILES string of the molecule is CN(CCOCCO)C(=O)c1cc(NC2CCOCC2)c2[nH]c(-c3ccccc3)cc2c1. The fourth-order valence-electron chi connectivity index (χ4n) is 4.01. The first-order valence-corrected chi connectivity index (χ1v) is 11.2. The lowest BCUT2D eigenvalue weighted by molar-refractivity contribution is 0.0618. The average Bonchev–Trinajstić information content (AvgIpc) is 3.27. The second-order valence-corrected chi connectivity index (χ2v) is 8.13. The molecule has 0 unspecified atom stereocenters. The van der Waals surface area contributed by atoms with Crippen LogP contribution in [0.4, 0.5) is 5.69 Å². The summed E-state index contributed by atoms with van der Waals surface area (Å²) in [6, 6.07) is 16.5. The second-order valence-electron chi connectivity index (χ2n) is 8.13. The summed E-state index contributed by atoms with van der Waals surface area (Å²) in [6.45, 7) is 2.60. The number of carbonyl (C=O) groups is 1. The van der Waals surface area contributed by atoms with Gasteiger partial charge in [0.1, 0.15) is 0 Å². The summed E-state index contributed by atoms with van der Waals surface area (Å²) < 4.78 is 10.8. The molecule has 0 radical (unpaired) electrons. The van der Waals surface area contributed by atoms with Gasteiger partial charge in [0.2, 0.25) is 0 Å². The monoisotopic (exact) mass is 437 g/mol. The van der Waals surface area contributed by atoms with E-state index in [0.29, 0.717) is 24.8 Å². The number of hydrogen-bond acceptors (Lipinski definition) is 5. The number of carbonyl (C=O) groups excluding carboxylic acids is 1. The van der Waals surface area contributed by atoms with E-state index in [1.807, 2.05) is 30.3 Å². The van der Waals surface area contributed by atoms with Crippen LogP contribution in [-0.2, 0) is 9.47 Å². The van der Waals surface area contributed by atoms with Crippen molar-refractivity contribution in [2.75, 3.05) is 51.9 Å². The lowest BCUT2D eigenvalue weighted by Gasteiger charge is -2.25. The number of aliphatic hydroxyl groups excluding tert-OH is 1. The predicted molar refractivity (Wildman–Crippen MR) is 126 cm³/mol. The van der Waals surface area contributed by atoms with Gasteiger partial charge >= 0.3 is 0 Å². The van der Waals surface area contributed by atoms with Gasteiger partial charge in [0.05, 0.1) is 31.0 Å². The Morgan fingerprint density at radius 2 is 1.97 bits per heavy atom. The van der Waals surface area contributed by atoms with Crippen LogP contribution in [-0.4, -0.2) is 73.6 Å². The third-order valence-corrected chi connectivity index (χ3v) is 5.79. The van der Waals surface area contributed by atoms with E-state index in [-0.39, 0.29) is 19.1 Å². The maximum absolute atomic E-state index is 13.1.